The Bertz CT molecular complexity index is 922. The molecule has 0 radical (unpaired) electrons. The fourth-order valence-corrected chi connectivity index (χ4v) is 2.66. The third-order valence-corrected chi connectivity index (χ3v) is 4.49. The van der Waals surface area contributed by atoms with Crippen LogP contribution >= 0.6 is 0 Å². The minimum atomic E-state index is -0.132. The van der Waals surface area contributed by atoms with Crippen molar-refractivity contribution >= 4 is 11.6 Å². The quantitative estimate of drug-likeness (QED) is 0.766. The van der Waals surface area contributed by atoms with Crippen molar-refractivity contribution in [1.29, 1.82) is 0 Å². The number of fused-ring (bicyclic) bond motifs is 1. The van der Waals surface area contributed by atoms with Gasteiger partial charge in [-0.15, -0.1) is 0 Å². The summed E-state index contributed by atoms with van der Waals surface area (Å²) in [5, 5.41) is 7.70. The molecule has 0 saturated heterocycles. The third kappa shape index (κ3) is 3.62. The van der Waals surface area contributed by atoms with E-state index in [0.29, 0.717) is 11.3 Å². The Kier molecular flexibility index (Phi) is 4.81. The first-order valence-electron chi connectivity index (χ1n) is 9.07. The van der Waals surface area contributed by atoms with Gasteiger partial charge in [-0.05, 0) is 19.4 Å². The summed E-state index contributed by atoms with van der Waals surface area (Å²) >= 11 is 0. The second-order valence-corrected chi connectivity index (χ2v) is 7.72. The Morgan fingerprint density at radius 1 is 1.19 bits per heavy atom. The lowest BCUT2D eigenvalue weighted by Gasteiger charge is -2.14. The van der Waals surface area contributed by atoms with Gasteiger partial charge in [0.15, 0.2) is 5.65 Å². The molecule has 0 saturated carbocycles. The van der Waals surface area contributed by atoms with Crippen LogP contribution in [0.2, 0.25) is 0 Å². The lowest BCUT2D eigenvalue weighted by atomic mass is 9.93. The molecule has 1 amide bonds. The number of carbonyl (C=O) groups is 1. The Morgan fingerprint density at radius 2 is 1.88 bits per heavy atom. The normalized spacial score (nSPS) is 13.0. The molecule has 1 aromatic carbocycles. The fourth-order valence-electron chi connectivity index (χ4n) is 2.66. The Hall–Kier alpha value is -2.69. The van der Waals surface area contributed by atoms with Gasteiger partial charge >= 0.3 is 0 Å². The van der Waals surface area contributed by atoms with Crippen LogP contribution in [0.4, 0.5) is 0 Å². The average Bonchev–Trinajstić information content (AvgIpc) is 3.06. The number of nitrogens with zero attached hydrogens (tertiary/aromatic N) is 3. The highest BCUT2D eigenvalue weighted by molar-refractivity contribution is 5.94. The second kappa shape index (κ2) is 6.90. The van der Waals surface area contributed by atoms with Crippen LogP contribution in [-0.2, 0) is 5.41 Å². The number of nitrogens with one attached hydrogen (secondary N) is 1. The van der Waals surface area contributed by atoms with Crippen molar-refractivity contribution in [2.75, 3.05) is 0 Å². The first kappa shape index (κ1) is 18.1. The second-order valence-electron chi connectivity index (χ2n) is 7.72. The van der Waals surface area contributed by atoms with Crippen molar-refractivity contribution in [3.63, 3.8) is 0 Å². The molecule has 1 unspecified atom stereocenters. The SMILES string of the molecule is CCC(C)NC(=O)c1cc(-c2ccccc2)nc2cc(C(C)(C)C)nn12. The van der Waals surface area contributed by atoms with Crippen LogP contribution in [0.25, 0.3) is 16.9 Å². The van der Waals surface area contributed by atoms with Gasteiger partial charge in [0, 0.05) is 23.1 Å². The molecule has 3 aromatic rings. The zero-order valence-corrected chi connectivity index (χ0v) is 16.1. The number of hydrogen-bond donors (Lipinski definition) is 1. The molecule has 2 aromatic heterocycles. The number of carbonyl (C=O) groups excluding carboxylic acids is 1. The maximum atomic E-state index is 12.9. The maximum Gasteiger partial charge on any atom is 0.270 e. The summed E-state index contributed by atoms with van der Waals surface area (Å²) in [6, 6.07) is 13.8. The summed E-state index contributed by atoms with van der Waals surface area (Å²) < 4.78 is 1.66. The molecule has 5 heteroatoms. The van der Waals surface area contributed by atoms with Gasteiger partial charge < -0.3 is 5.32 Å². The molecule has 5 nitrogen and oxygen atoms in total. The molecule has 1 atom stereocenters. The summed E-state index contributed by atoms with van der Waals surface area (Å²) in [5.74, 6) is -0.132. The van der Waals surface area contributed by atoms with Gasteiger partial charge in [-0.2, -0.15) is 5.10 Å². The topological polar surface area (TPSA) is 59.3 Å². The highest BCUT2D eigenvalue weighted by Crippen LogP contribution is 2.25. The van der Waals surface area contributed by atoms with Crippen LogP contribution in [0.3, 0.4) is 0 Å². The summed E-state index contributed by atoms with van der Waals surface area (Å²) in [7, 11) is 0. The van der Waals surface area contributed by atoms with Gasteiger partial charge in [0.05, 0.1) is 11.4 Å². The van der Waals surface area contributed by atoms with E-state index < -0.39 is 0 Å². The predicted molar refractivity (Wildman–Crippen MR) is 104 cm³/mol. The van der Waals surface area contributed by atoms with Crippen LogP contribution in [0.1, 0.15) is 57.2 Å². The van der Waals surface area contributed by atoms with Gasteiger partial charge in [0.25, 0.3) is 5.91 Å². The van der Waals surface area contributed by atoms with Gasteiger partial charge in [-0.3, -0.25) is 4.79 Å². The van der Waals surface area contributed by atoms with Crippen molar-refractivity contribution < 1.29 is 4.79 Å². The van der Waals surface area contributed by atoms with Gasteiger partial charge in [-0.25, -0.2) is 9.50 Å². The summed E-state index contributed by atoms with van der Waals surface area (Å²) in [6.07, 6.45) is 0.873. The number of hydrogen-bond acceptors (Lipinski definition) is 3. The highest BCUT2D eigenvalue weighted by atomic mass is 16.2. The molecular formula is C21H26N4O. The predicted octanol–water partition coefficient (Wildman–Crippen LogP) is 4.22. The molecular weight excluding hydrogens is 324 g/mol. The number of rotatable bonds is 4. The van der Waals surface area contributed by atoms with Gasteiger partial charge in [0.1, 0.15) is 5.69 Å². The number of aromatic nitrogens is 3. The molecule has 0 aliphatic rings. The Morgan fingerprint density at radius 3 is 2.50 bits per heavy atom. The van der Waals surface area contributed by atoms with Crippen molar-refractivity contribution in [2.24, 2.45) is 0 Å². The standard InChI is InChI=1S/C21H26N4O/c1-6-14(2)22-20(26)17-12-16(15-10-8-7-9-11-15)23-19-13-18(21(3,4)5)24-25(17)19/h7-14H,6H2,1-5H3,(H,22,26). The molecule has 3 rings (SSSR count). The Balaban J connectivity index is 2.18. The lowest BCUT2D eigenvalue weighted by Crippen LogP contribution is -2.33. The van der Waals surface area contributed by atoms with E-state index in [-0.39, 0.29) is 17.4 Å². The minimum absolute atomic E-state index is 0.100. The van der Waals surface area contributed by atoms with E-state index in [2.05, 4.69) is 31.2 Å². The monoisotopic (exact) mass is 350 g/mol. The van der Waals surface area contributed by atoms with E-state index in [9.17, 15) is 4.79 Å². The highest BCUT2D eigenvalue weighted by Gasteiger charge is 2.22. The maximum absolute atomic E-state index is 12.9. The summed E-state index contributed by atoms with van der Waals surface area (Å²) in [5.41, 5.74) is 3.73. The number of benzene rings is 1. The minimum Gasteiger partial charge on any atom is -0.348 e. The van der Waals surface area contributed by atoms with Crippen LogP contribution in [0, 0.1) is 0 Å². The zero-order chi connectivity index (χ0) is 18.9. The van der Waals surface area contributed by atoms with Gasteiger partial charge in [-0.1, -0.05) is 58.0 Å². The molecule has 0 spiro atoms. The van der Waals surface area contributed by atoms with E-state index in [1.165, 1.54) is 0 Å². The zero-order valence-electron chi connectivity index (χ0n) is 16.1. The molecule has 0 bridgehead atoms. The summed E-state index contributed by atoms with van der Waals surface area (Å²) in [6.45, 7) is 10.4. The van der Waals surface area contributed by atoms with Gasteiger partial charge in [0.2, 0.25) is 0 Å². The fraction of sp³-hybridized carbons (Fsp3) is 0.381. The van der Waals surface area contributed by atoms with Crippen molar-refractivity contribution in [3.8, 4) is 11.3 Å². The van der Waals surface area contributed by atoms with Crippen LogP contribution < -0.4 is 5.32 Å². The van der Waals surface area contributed by atoms with E-state index in [0.717, 1.165) is 23.4 Å². The van der Waals surface area contributed by atoms with E-state index in [4.69, 9.17) is 4.98 Å². The summed E-state index contributed by atoms with van der Waals surface area (Å²) in [4.78, 5) is 17.6. The average molecular weight is 350 g/mol. The van der Waals surface area contributed by atoms with Crippen LogP contribution in [-0.4, -0.2) is 26.5 Å². The molecule has 136 valence electrons. The first-order chi connectivity index (χ1) is 12.3. The van der Waals surface area contributed by atoms with E-state index in [1.54, 1.807) is 4.52 Å². The molecule has 26 heavy (non-hydrogen) atoms. The van der Waals surface area contributed by atoms with Crippen LogP contribution in [0.15, 0.2) is 42.5 Å². The third-order valence-electron chi connectivity index (χ3n) is 4.49. The van der Waals surface area contributed by atoms with Crippen molar-refractivity contribution in [2.45, 2.75) is 52.5 Å². The molecule has 2 heterocycles. The van der Waals surface area contributed by atoms with E-state index in [1.807, 2.05) is 56.3 Å². The first-order valence-corrected chi connectivity index (χ1v) is 9.07. The number of amides is 1. The lowest BCUT2D eigenvalue weighted by molar-refractivity contribution is 0.0931. The van der Waals surface area contributed by atoms with Crippen molar-refractivity contribution in [1.82, 2.24) is 19.9 Å². The largest absolute Gasteiger partial charge is 0.348 e. The molecule has 0 aliphatic heterocycles. The molecule has 0 aliphatic carbocycles. The van der Waals surface area contributed by atoms with Crippen LogP contribution in [0.5, 0.6) is 0 Å². The smallest absolute Gasteiger partial charge is 0.270 e. The Labute approximate surface area is 154 Å². The van der Waals surface area contributed by atoms with E-state index >= 15 is 0 Å². The van der Waals surface area contributed by atoms with Crippen molar-refractivity contribution in [3.05, 3.63) is 53.9 Å². The molecule has 1 N–H and O–H groups in total. The molecule has 0 fully saturated rings.